The van der Waals surface area contributed by atoms with E-state index in [4.69, 9.17) is 5.14 Å². The first kappa shape index (κ1) is 23.6. The van der Waals surface area contributed by atoms with Gasteiger partial charge in [-0.1, -0.05) is 33.6 Å². The number of nitrogens with one attached hydrogen (secondary N) is 2. The molecule has 4 N–H and O–H groups in total. The summed E-state index contributed by atoms with van der Waals surface area (Å²) in [6.07, 6.45) is 6.10. The molecule has 0 fully saturated rings. The second kappa shape index (κ2) is 13.8. The third-order valence-corrected chi connectivity index (χ3v) is 4.32. The van der Waals surface area contributed by atoms with Crippen LogP contribution in [0.5, 0.6) is 0 Å². The zero-order valence-electron chi connectivity index (χ0n) is 15.7. The van der Waals surface area contributed by atoms with Crippen LogP contribution in [-0.4, -0.2) is 34.0 Å². The summed E-state index contributed by atoms with van der Waals surface area (Å²) in [5.74, 6) is -0.220. The summed E-state index contributed by atoms with van der Waals surface area (Å²) in [6.45, 7) is 9.40. The number of carbonyl (C=O) groups is 1. The van der Waals surface area contributed by atoms with E-state index in [1.165, 1.54) is 63.0 Å². The molecule has 25 heavy (non-hydrogen) atoms. The van der Waals surface area contributed by atoms with Gasteiger partial charge in [-0.15, -0.1) is 0 Å². The molecule has 1 rings (SSSR count). The van der Waals surface area contributed by atoms with Crippen LogP contribution in [-0.2, 0) is 10.0 Å². The van der Waals surface area contributed by atoms with Crippen LogP contribution >= 0.6 is 0 Å². The summed E-state index contributed by atoms with van der Waals surface area (Å²) in [7, 11) is -3.69. The molecule has 0 bridgehead atoms. The number of rotatable bonds is 10. The molecule has 0 aliphatic heterocycles. The van der Waals surface area contributed by atoms with Gasteiger partial charge < -0.3 is 10.6 Å². The van der Waals surface area contributed by atoms with E-state index < -0.39 is 10.0 Å². The molecule has 0 aliphatic rings. The molecule has 0 atom stereocenters. The van der Waals surface area contributed by atoms with Gasteiger partial charge in [0.1, 0.15) is 0 Å². The Morgan fingerprint density at radius 2 is 1.44 bits per heavy atom. The van der Waals surface area contributed by atoms with E-state index >= 15 is 0 Å². The van der Waals surface area contributed by atoms with Crippen molar-refractivity contribution in [3.8, 4) is 0 Å². The van der Waals surface area contributed by atoms with Crippen LogP contribution in [0.3, 0.4) is 0 Å². The number of carbonyl (C=O) groups excluding carboxylic acids is 1. The predicted octanol–water partition coefficient (Wildman–Crippen LogP) is 2.65. The van der Waals surface area contributed by atoms with Gasteiger partial charge in [0.05, 0.1) is 4.90 Å². The molecule has 0 saturated carbocycles. The van der Waals surface area contributed by atoms with Crippen molar-refractivity contribution < 1.29 is 13.2 Å². The lowest BCUT2D eigenvalue weighted by atomic mass is 10.2. The summed E-state index contributed by atoms with van der Waals surface area (Å²) in [6, 6.07) is 5.50. The maximum absolute atomic E-state index is 11.5. The highest BCUT2D eigenvalue weighted by molar-refractivity contribution is 7.89. The highest BCUT2D eigenvalue weighted by atomic mass is 32.2. The summed E-state index contributed by atoms with van der Waals surface area (Å²) >= 11 is 0. The molecule has 0 aliphatic carbocycles. The minimum Gasteiger partial charge on any atom is -0.352 e. The normalized spacial score (nSPS) is 10.7. The van der Waals surface area contributed by atoms with Crippen LogP contribution in [0.4, 0.5) is 0 Å². The number of hydrogen-bond donors (Lipinski definition) is 3. The second-order valence-electron chi connectivity index (χ2n) is 5.78. The average Bonchev–Trinajstić information content (AvgIpc) is 2.59. The van der Waals surface area contributed by atoms with Gasteiger partial charge in [-0.25, -0.2) is 13.6 Å². The smallest absolute Gasteiger partial charge is 0.251 e. The van der Waals surface area contributed by atoms with Gasteiger partial charge in [0, 0.05) is 12.1 Å². The Morgan fingerprint density at radius 1 is 0.920 bits per heavy atom. The van der Waals surface area contributed by atoms with Crippen LogP contribution in [0.25, 0.3) is 0 Å². The molecule has 0 saturated heterocycles. The fourth-order valence-corrected chi connectivity index (χ4v) is 2.38. The first-order valence-corrected chi connectivity index (χ1v) is 10.5. The number of unbranched alkanes of at least 4 members (excludes halogenated alkanes) is 2. The van der Waals surface area contributed by atoms with Gasteiger partial charge in [-0.2, -0.15) is 0 Å². The zero-order valence-corrected chi connectivity index (χ0v) is 16.5. The lowest BCUT2D eigenvalue weighted by molar-refractivity contribution is 0.0953. The molecule has 1 amide bonds. The number of nitrogens with two attached hydrogens (primary N) is 1. The Kier molecular flexibility index (Phi) is 13.0. The quantitative estimate of drug-likeness (QED) is 0.550. The molecule has 1 aromatic carbocycles. The van der Waals surface area contributed by atoms with Crippen molar-refractivity contribution in [2.24, 2.45) is 5.14 Å². The first-order valence-electron chi connectivity index (χ1n) is 8.98. The van der Waals surface area contributed by atoms with Gasteiger partial charge in [0.25, 0.3) is 5.91 Å². The Bertz CT molecular complexity index is 566. The van der Waals surface area contributed by atoms with Crippen LogP contribution in [0.2, 0.25) is 0 Å². The highest BCUT2D eigenvalue weighted by Gasteiger charge is 2.09. The Balaban J connectivity index is 0.000000547. The van der Waals surface area contributed by atoms with Gasteiger partial charge in [-0.05, 0) is 56.6 Å². The largest absolute Gasteiger partial charge is 0.352 e. The summed E-state index contributed by atoms with van der Waals surface area (Å²) in [4.78, 5) is 11.5. The van der Waals surface area contributed by atoms with Crippen LogP contribution in [0.1, 0.15) is 63.2 Å². The van der Waals surface area contributed by atoms with Crippen molar-refractivity contribution in [1.29, 1.82) is 0 Å². The van der Waals surface area contributed by atoms with Crippen molar-refractivity contribution >= 4 is 15.9 Å². The van der Waals surface area contributed by atoms with Crippen molar-refractivity contribution in [1.82, 2.24) is 10.6 Å². The topological polar surface area (TPSA) is 101 Å². The Hall–Kier alpha value is -1.44. The minimum absolute atomic E-state index is 0.000425. The molecule has 7 heteroatoms. The van der Waals surface area contributed by atoms with Crippen LogP contribution in [0, 0.1) is 0 Å². The van der Waals surface area contributed by atoms with Crippen LogP contribution in [0.15, 0.2) is 29.2 Å². The SMILES string of the molecule is CCCCNCCCC.CCCNC(=O)c1ccc(S(N)(=O)=O)cc1. The number of benzene rings is 1. The average molecular weight is 372 g/mol. The molecule has 0 heterocycles. The van der Waals surface area contributed by atoms with E-state index in [9.17, 15) is 13.2 Å². The number of hydrogen-bond acceptors (Lipinski definition) is 4. The Morgan fingerprint density at radius 3 is 1.84 bits per heavy atom. The molecule has 0 radical (unpaired) electrons. The molecule has 0 spiro atoms. The van der Waals surface area contributed by atoms with Crippen molar-refractivity contribution in [3.05, 3.63) is 29.8 Å². The summed E-state index contributed by atoms with van der Waals surface area (Å²) < 4.78 is 21.9. The lowest BCUT2D eigenvalue weighted by Crippen LogP contribution is -2.24. The van der Waals surface area contributed by atoms with Crippen molar-refractivity contribution in [2.45, 2.75) is 57.8 Å². The summed E-state index contributed by atoms with van der Waals surface area (Å²) in [5, 5.41) is 11.0. The molecular weight excluding hydrogens is 338 g/mol. The molecule has 144 valence electrons. The third kappa shape index (κ3) is 11.7. The van der Waals surface area contributed by atoms with E-state index in [1.54, 1.807) is 0 Å². The maximum atomic E-state index is 11.5. The number of sulfonamides is 1. The second-order valence-corrected chi connectivity index (χ2v) is 7.34. The van der Waals surface area contributed by atoms with E-state index in [2.05, 4.69) is 24.5 Å². The van der Waals surface area contributed by atoms with Crippen molar-refractivity contribution in [3.63, 3.8) is 0 Å². The Labute approximate surface area is 152 Å². The molecule has 0 unspecified atom stereocenters. The number of amides is 1. The van der Waals surface area contributed by atoms with Crippen LogP contribution < -0.4 is 15.8 Å². The molecule has 6 nitrogen and oxygen atoms in total. The van der Waals surface area contributed by atoms with E-state index in [1.807, 2.05) is 6.92 Å². The van der Waals surface area contributed by atoms with E-state index in [0.717, 1.165) is 6.42 Å². The standard InChI is InChI=1S/C10H14N2O3S.C8H19N/c1-2-7-12-10(13)8-3-5-9(6-4-8)16(11,14)15;1-3-5-7-9-8-6-4-2/h3-6H,2,7H2,1H3,(H,12,13)(H2,11,14,15);9H,3-8H2,1-2H3. The molecular formula is C18H33N3O3S. The predicted molar refractivity (Wildman–Crippen MR) is 103 cm³/mol. The van der Waals surface area contributed by atoms with E-state index in [0.29, 0.717) is 12.1 Å². The van der Waals surface area contributed by atoms with Gasteiger partial charge in [0.15, 0.2) is 0 Å². The fraction of sp³-hybridized carbons (Fsp3) is 0.611. The lowest BCUT2D eigenvalue weighted by Gasteiger charge is -2.04. The fourth-order valence-electron chi connectivity index (χ4n) is 1.87. The minimum atomic E-state index is -3.69. The molecule has 0 aromatic heterocycles. The maximum Gasteiger partial charge on any atom is 0.251 e. The summed E-state index contributed by atoms with van der Waals surface area (Å²) in [5.41, 5.74) is 0.417. The molecule has 1 aromatic rings. The number of primary sulfonamides is 1. The van der Waals surface area contributed by atoms with Gasteiger partial charge in [0.2, 0.25) is 10.0 Å². The highest BCUT2D eigenvalue weighted by Crippen LogP contribution is 2.08. The first-order chi connectivity index (χ1) is 11.9. The monoisotopic (exact) mass is 371 g/mol. The van der Waals surface area contributed by atoms with Gasteiger partial charge >= 0.3 is 0 Å². The third-order valence-electron chi connectivity index (χ3n) is 3.39. The van der Waals surface area contributed by atoms with Gasteiger partial charge in [-0.3, -0.25) is 4.79 Å². The van der Waals surface area contributed by atoms with Crippen molar-refractivity contribution in [2.75, 3.05) is 19.6 Å². The zero-order chi connectivity index (χ0) is 19.1. The van der Waals surface area contributed by atoms with E-state index in [-0.39, 0.29) is 10.8 Å².